The van der Waals surface area contributed by atoms with E-state index in [1.54, 1.807) is 38.1 Å². The largest absolute Gasteiger partial charge is 0.478 e. The maximum atomic E-state index is 13.2. The number of pyridine rings is 1. The second-order valence-corrected chi connectivity index (χ2v) is 10.9. The van der Waals surface area contributed by atoms with Gasteiger partial charge in [0.1, 0.15) is 18.1 Å². The van der Waals surface area contributed by atoms with Crippen LogP contribution in [0.3, 0.4) is 0 Å². The van der Waals surface area contributed by atoms with Gasteiger partial charge in [0.25, 0.3) is 11.8 Å². The normalized spacial score (nSPS) is 21.0. The van der Waals surface area contributed by atoms with E-state index in [2.05, 4.69) is 15.2 Å². The van der Waals surface area contributed by atoms with E-state index in [1.807, 2.05) is 5.32 Å². The summed E-state index contributed by atoms with van der Waals surface area (Å²) in [5, 5.41) is 14.9. The van der Waals surface area contributed by atoms with E-state index in [9.17, 15) is 27.9 Å². The number of nitrogens with one attached hydrogen (secondary N) is 2. The van der Waals surface area contributed by atoms with Gasteiger partial charge in [-0.1, -0.05) is 11.6 Å². The van der Waals surface area contributed by atoms with Crippen LogP contribution in [0.25, 0.3) is 0 Å². The molecule has 2 saturated heterocycles. The van der Waals surface area contributed by atoms with Crippen molar-refractivity contribution >= 4 is 29.2 Å². The van der Waals surface area contributed by atoms with E-state index < -0.39 is 24.2 Å². The Morgan fingerprint density at radius 1 is 1.15 bits per heavy atom. The highest BCUT2D eigenvalue weighted by atomic mass is 35.5. The molecule has 2 bridgehead atoms. The van der Waals surface area contributed by atoms with Crippen LogP contribution in [-0.4, -0.2) is 65.0 Å². The number of hydrogen-bond acceptors (Lipinski definition) is 6. The zero-order valence-corrected chi connectivity index (χ0v) is 22.5. The number of ether oxygens (including phenoxy) is 1. The van der Waals surface area contributed by atoms with Crippen LogP contribution in [0.1, 0.15) is 55.5 Å². The number of rotatable bonds is 9. The van der Waals surface area contributed by atoms with Crippen LogP contribution in [0.5, 0.6) is 5.75 Å². The molecule has 0 saturated carbocycles. The van der Waals surface area contributed by atoms with E-state index in [1.165, 1.54) is 12.3 Å². The fourth-order valence-electron chi connectivity index (χ4n) is 5.27. The topological polar surface area (TPSA) is 104 Å². The summed E-state index contributed by atoms with van der Waals surface area (Å²) in [6, 6.07) is 8.40. The van der Waals surface area contributed by atoms with Crippen molar-refractivity contribution in [2.45, 2.75) is 75.9 Å². The Hall–Kier alpha value is -3.05. The maximum absolute atomic E-state index is 13.2. The summed E-state index contributed by atoms with van der Waals surface area (Å²) < 4.78 is 43.2. The Bertz CT molecular complexity index is 1180. The standard InChI is InChI=1S/C27H32ClF3N4O4/c1-26(2,39-22-7-4-18(28)11-16(22)9-10-36)25(38)34-19-12-20-5-6-21(13-19)35(20)23-8-3-17(14-32-23)24(37)33-15-27(29,30)31/h3-4,7-8,11,14,19-21,36H,5-6,9-10,12-13,15H2,1-2H3,(H,33,37)(H,34,38). The Morgan fingerprint density at radius 3 is 2.44 bits per heavy atom. The molecule has 12 heteroatoms. The van der Waals surface area contributed by atoms with Crippen LogP contribution in [0.2, 0.25) is 5.02 Å². The zero-order valence-electron chi connectivity index (χ0n) is 21.7. The third-order valence-electron chi connectivity index (χ3n) is 7.11. The molecule has 2 aromatic rings. The molecule has 2 aliphatic rings. The third-order valence-corrected chi connectivity index (χ3v) is 7.34. The quantitative estimate of drug-likeness (QED) is 0.422. The van der Waals surface area contributed by atoms with Crippen molar-refractivity contribution in [3.05, 3.63) is 52.7 Å². The molecule has 1 aromatic heterocycles. The Labute approximate surface area is 229 Å². The number of benzene rings is 1. The first kappa shape index (κ1) is 28.9. The summed E-state index contributed by atoms with van der Waals surface area (Å²) in [5.74, 6) is 0.0628. The molecular formula is C27H32ClF3N4O4. The SMILES string of the molecule is CC(C)(Oc1ccc(Cl)cc1CCO)C(=O)NC1CC2CCC(C1)N2c1ccc(C(=O)NCC(F)(F)F)cn1. The molecule has 2 aliphatic heterocycles. The Balaban J connectivity index is 1.36. The van der Waals surface area contributed by atoms with Crippen LogP contribution in [-0.2, 0) is 11.2 Å². The zero-order chi connectivity index (χ0) is 28.4. The first-order valence-electron chi connectivity index (χ1n) is 12.8. The number of carbonyl (C=O) groups is 2. The lowest BCUT2D eigenvalue weighted by Gasteiger charge is -2.41. The minimum Gasteiger partial charge on any atom is -0.478 e. The molecular weight excluding hydrogens is 537 g/mol. The molecule has 2 atom stereocenters. The minimum atomic E-state index is -4.48. The first-order chi connectivity index (χ1) is 18.4. The fraction of sp³-hybridized carbons (Fsp3) is 0.519. The lowest BCUT2D eigenvalue weighted by atomic mass is 9.96. The van der Waals surface area contributed by atoms with Crippen LogP contribution in [0.4, 0.5) is 19.0 Å². The summed E-state index contributed by atoms with van der Waals surface area (Å²) in [6.07, 6.45) is 0.388. The van der Waals surface area contributed by atoms with Crippen molar-refractivity contribution in [2.24, 2.45) is 0 Å². The minimum absolute atomic E-state index is 0.0579. The van der Waals surface area contributed by atoms with Gasteiger partial charge in [-0.2, -0.15) is 13.2 Å². The second kappa shape index (κ2) is 11.6. The highest BCUT2D eigenvalue weighted by molar-refractivity contribution is 6.30. The van der Waals surface area contributed by atoms with E-state index in [-0.39, 0.29) is 36.2 Å². The van der Waals surface area contributed by atoms with Crippen molar-refractivity contribution < 1.29 is 32.6 Å². The second-order valence-electron chi connectivity index (χ2n) is 10.5. The predicted octanol–water partition coefficient (Wildman–Crippen LogP) is 4.04. The van der Waals surface area contributed by atoms with E-state index in [0.29, 0.717) is 41.4 Å². The molecule has 2 unspecified atom stereocenters. The van der Waals surface area contributed by atoms with Gasteiger partial charge in [0.2, 0.25) is 0 Å². The van der Waals surface area contributed by atoms with E-state index >= 15 is 0 Å². The Morgan fingerprint density at radius 2 is 1.85 bits per heavy atom. The number of anilines is 1. The maximum Gasteiger partial charge on any atom is 0.405 e. The van der Waals surface area contributed by atoms with Gasteiger partial charge in [-0.3, -0.25) is 9.59 Å². The number of fused-ring (bicyclic) bond motifs is 2. The number of alkyl halides is 3. The first-order valence-corrected chi connectivity index (χ1v) is 13.2. The number of halogens is 4. The molecule has 0 spiro atoms. The average Bonchev–Trinajstić information content (AvgIpc) is 3.14. The fourth-order valence-corrected chi connectivity index (χ4v) is 5.46. The molecule has 0 aliphatic carbocycles. The summed E-state index contributed by atoms with van der Waals surface area (Å²) in [7, 11) is 0. The van der Waals surface area contributed by atoms with Crippen molar-refractivity contribution in [1.82, 2.24) is 15.6 Å². The summed E-state index contributed by atoms with van der Waals surface area (Å²) in [6.45, 7) is 1.91. The lowest BCUT2D eigenvalue weighted by Crippen LogP contribution is -2.55. The summed E-state index contributed by atoms with van der Waals surface area (Å²) in [4.78, 5) is 31.8. The highest BCUT2D eigenvalue weighted by Crippen LogP contribution is 2.39. The number of piperidine rings is 1. The molecule has 0 radical (unpaired) electrons. The molecule has 4 rings (SSSR count). The molecule has 2 fully saturated rings. The predicted molar refractivity (Wildman–Crippen MR) is 140 cm³/mol. The Kier molecular flexibility index (Phi) is 8.60. The number of carbonyl (C=O) groups excluding carboxylic acids is 2. The van der Waals surface area contributed by atoms with Gasteiger partial charge in [-0.05, 0) is 81.8 Å². The summed E-state index contributed by atoms with van der Waals surface area (Å²) in [5.41, 5.74) is -0.394. The van der Waals surface area contributed by atoms with Crippen LogP contribution in [0.15, 0.2) is 36.5 Å². The van der Waals surface area contributed by atoms with Crippen molar-refractivity contribution in [2.75, 3.05) is 18.1 Å². The van der Waals surface area contributed by atoms with Gasteiger partial charge in [0, 0.05) is 36.0 Å². The van der Waals surface area contributed by atoms with Gasteiger partial charge in [-0.25, -0.2) is 4.98 Å². The molecule has 1 aromatic carbocycles. The monoisotopic (exact) mass is 568 g/mol. The molecule has 3 N–H and O–H groups in total. The smallest absolute Gasteiger partial charge is 0.405 e. The third kappa shape index (κ3) is 7.13. The van der Waals surface area contributed by atoms with Crippen molar-refractivity contribution in [1.29, 1.82) is 0 Å². The molecule has 2 amide bonds. The van der Waals surface area contributed by atoms with Crippen molar-refractivity contribution in [3.63, 3.8) is 0 Å². The van der Waals surface area contributed by atoms with Crippen LogP contribution >= 0.6 is 11.6 Å². The van der Waals surface area contributed by atoms with E-state index in [4.69, 9.17) is 16.3 Å². The number of amides is 2. The number of aliphatic hydroxyl groups excluding tert-OH is 1. The van der Waals surface area contributed by atoms with Gasteiger partial charge in [0.15, 0.2) is 5.60 Å². The number of nitrogens with zero attached hydrogens (tertiary/aromatic N) is 2. The molecule has 8 nitrogen and oxygen atoms in total. The molecule has 3 heterocycles. The highest BCUT2D eigenvalue weighted by Gasteiger charge is 2.43. The van der Waals surface area contributed by atoms with Gasteiger partial charge in [-0.15, -0.1) is 0 Å². The average molecular weight is 569 g/mol. The number of aromatic nitrogens is 1. The van der Waals surface area contributed by atoms with Gasteiger partial charge >= 0.3 is 6.18 Å². The molecule has 39 heavy (non-hydrogen) atoms. The van der Waals surface area contributed by atoms with E-state index in [0.717, 1.165) is 12.8 Å². The number of hydrogen-bond donors (Lipinski definition) is 3. The number of aliphatic hydroxyl groups is 1. The van der Waals surface area contributed by atoms with Crippen molar-refractivity contribution in [3.8, 4) is 5.75 Å². The van der Waals surface area contributed by atoms with Gasteiger partial charge in [0.05, 0.1) is 5.56 Å². The summed E-state index contributed by atoms with van der Waals surface area (Å²) >= 11 is 6.07. The lowest BCUT2D eigenvalue weighted by molar-refractivity contribution is -0.135. The van der Waals surface area contributed by atoms with Crippen LogP contribution < -0.4 is 20.3 Å². The van der Waals surface area contributed by atoms with Gasteiger partial charge < -0.3 is 25.4 Å². The van der Waals surface area contributed by atoms with Crippen LogP contribution in [0, 0.1) is 0 Å². The molecule has 212 valence electrons.